The summed E-state index contributed by atoms with van der Waals surface area (Å²) in [6, 6.07) is 11.2. The molecule has 3 aromatic heterocycles. The van der Waals surface area contributed by atoms with E-state index < -0.39 is 0 Å². The maximum absolute atomic E-state index is 12.4. The first-order chi connectivity index (χ1) is 15.2. The molecule has 0 aliphatic heterocycles. The van der Waals surface area contributed by atoms with E-state index in [1.807, 2.05) is 28.9 Å². The zero-order valence-electron chi connectivity index (χ0n) is 16.7. The van der Waals surface area contributed by atoms with E-state index in [1.54, 1.807) is 30.7 Å². The summed E-state index contributed by atoms with van der Waals surface area (Å²) < 4.78 is 8.83. The first kappa shape index (κ1) is 19.8. The molecular weight excluding hydrogens is 458 g/mol. The molecule has 0 radical (unpaired) electrons. The largest absolute Gasteiger partial charge is 0.437 e. The molecule has 156 valence electrons. The van der Waals surface area contributed by atoms with Gasteiger partial charge in [0, 0.05) is 42.7 Å². The van der Waals surface area contributed by atoms with Crippen molar-refractivity contribution in [3.8, 4) is 11.6 Å². The van der Waals surface area contributed by atoms with Crippen LogP contribution in [0, 0.1) is 5.92 Å². The van der Waals surface area contributed by atoms with Gasteiger partial charge in [-0.05, 0) is 71.4 Å². The van der Waals surface area contributed by atoms with Crippen LogP contribution in [0.25, 0.3) is 11.0 Å². The maximum Gasteiger partial charge on any atom is 0.222 e. The van der Waals surface area contributed by atoms with Crippen LogP contribution in [0.1, 0.15) is 35.2 Å². The van der Waals surface area contributed by atoms with Crippen LogP contribution in [0.3, 0.4) is 0 Å². The minimum absolute atomic E-state index is 0.0396. The van der Waals surface area contributed by atoms with Crippen molar-refractivity contribution in [1.82, 2.24) is 25.0 Å². The lowest BCUT2D eigenvalue weighted by atomic mass is 10.0. The van der Waals surface area contributed by atoms with E-state index in [1.165, 1.54) is 12.8 Å². The van der Waals surface area contributed by atoms with Crippen LogP contribution in [0.5, 0.6) is 11.6 Å². The van der Waals surface area contributed by atoms with E-state index in [-0.39, 0.29) is 5.78 Å². The lowest BCUT2D eigenvalue weighted by Crippen LogP contribution is -2.03. The Kier molecular flexibility index (Phi) is 5.46. The standard InChI is InChI=1S/C23H20BrN5O2/c24-21-20(10-8-18-22(21)27-28-29(18)14-15-5-6-15)31-23-16(3-2-12-26-23)7-9-19(30)17-4-1-11-25-13-17/h1-4,8,10-13,15H,5-7,9,14H2. The second-order valence-corrected chi connectivity index (χ2v) is 8.49. The number of ketones is 1. The van der Waals surface area contributed by atoms with Crippen molar-refractivity contribution in [2.24, 2.45) is 5.92 Å². The van der Waals surface area contributed by atoms with Crippen molar-refractivity contribution in [2.75, 3.05) is 0 Å². The molecule has 0 saturated heterocycles. The van der Waals surface area contributed by atoms with Gasteiger partial charge in [0.25, 0.3) is 0 Å². The molecule has 0 atom stereocenters. The zero-order valence-corrected chi connectivity index (χ0v) is 18.3. The molecule has 0 bridgehead atoms. The number of rotatable bonds is 8. The minimum Gasteiger partial charge on any atom is -0.437 e. The normalized spacial score (nSPS) is 13.5. The maximum atomic E-state index is 12.4. The number of pyridine rings is 2. The van der Waals surface area contributed by atoms with Gasteiger partial charge in [0.1, 0.15) is 11.3 Å². The van der Waals surface area contributed by atoms with E-state index >= 15 is 0 Å². The third kappa shape index (κ3) is 4.34. The predicted molar refractivity (Wildman–Crippen MR) is 119 cm³/mol. The Morgan fingerprint density at radius 2 is 2.03 bits per heavy atom. The van der Waals surface area contributed by atoms with Gasteiger partial charge in [0.15, 0.2) is 5.78 Å². The second kappa shape index (κ2) is 8.55. The molecule has 1 saturated carbocycles. The number of ether oxygens (including phenoxy) is 1. The van der Waals surface area contributed by atoms with Crippen LogP contribution in [0.2, 0.25) is 0 Å². The van der Waals surface area contributed by atoms with Gasteiger partial charge in [-0.3, -0.25) is 9.78 Å². The number of aryl methyl sites for hydroxylation is 1. The fourth-order valence-corrected chi connectivity index (χ4v) is 3.97. The van der Waals surface area contributed by atoms with Crippen LogP contribution in [-0.4, -0.2) is 30.7 Å². The topological polar surface area (TPSA) is 82.8 Å². The number of carbonyl (C=O) groups is 1. The highest BCUT2D eigenvalue weighted by molar-refractivity contribution is 9.10. The van der Waals surface area contributed by atoms with Crippen molar-refractivity contribution in [1.29, 1.82) is 0 Å². The summed E-state index contributed by atoms with van der Waals surface area (Å²) in [6.45, 7) is 0.901. The van der Waals surface area contributed by atoms with Gasteiger partial charge < -0.3 is 4.74 Å². The van der Waals surface area contributed by atoms with Crippen molar-refractivity contribution in [3.63, 3.8) is 0 Å². The number of carbonyl (C=O) groups excluding carboxylic acids is 1. The number of nitrogens with zero attached hydrogens (tertiary/aromatic N) is 5. The van der Waals surface area contributed by atoms with Gasteiger partial charge in [0.05, 0.1) is 9.99 Å². The molecule has 3 heterocycles. The number of hydrogen-bond acceptors (Lipinski definition) is 6. The van der Waals surface area contributed by atoms with Gasteiger partial charge in [-0.15, -0.1) is 5.10 Å². The minimum atomic E-state index is 0.0396. The summed E-state index contributed by atoms with van der Waals surface area (Å²) >= 11 is 3.62. The number of hydrogen-bond donors (Lipinski definition) is 0. The Bertz CT molecular complexity index is 1240. The smallest absolute Gasteiger partial charge is 0.222 e. The Balaban J connectivity index is 1.35. The third-order valence-corrected chi connectivity index (χ3v) is 6.15. The van der Waals surface area contributed by atoms with Gasteiger partial charge in [-0.25, -0.2) is 9.67 Å². The van der Waals surface area contributed by atoms with E-state index in [0.717, 1.165) is 27.6 Å². The average Bonchev–Trinajstić information content (AvgIpc) is 3.53. The predicted octanol–water partition coefficient (Wildman–Crippen LogP) is 5.00. The van der Waals surface area contributed by atoms with E-state index in [2.05, 4.69) is 36.2 Å². The number of Topliss-reactive ketones (excluding diaryl/α,β-unsaturated/α-hetero) is 1. The Morgan fingerprint density at radius 3 is 2.84 bits per heavy atom. The molecule has 5 rings (SSSR count). The summed E-state index contributed by atoms with van der Waals surface area (Å²) in [6.07, 6.45) is 8.32. The van der Waals surface area contributed by atoms with E-state index in [0.29, 0.717) is 36.0 Å². The molecule has 8 heteroatoms. The lowest BCUT2D eigenvalue weighted by Gasteiger charge is -2.11. The molecule has 0 N–H and O–H groups in total. The molecule has 0 spiro atoms. The Hall–Kier alpha value is -3.13. The van der Waals surface area contributed by atoms with Crippen LogP contribution in [-0.2, 0) is 13.0 Å². The molecule has 0 amide bonds. The Morgan fingerprint density at radius 1 is 1.16 bits per heavy atom. The molecule has 1 aromatic carbocycles. The van der Waals surface area contributed by atoms with Gasteiger partial charge in [0.2, 0.25) is 5.88 Å². The molecule has 0 unspecified atom stereocenters. The van der Waals surface area contributed by atoms with Crippen molar-refractivity contribution in [3.05, 3.63) is 70.6 Å². The van der Waals surface area contributed by atoms with E-state index in [9.17, 15) is 4.79 Å². The number of fused-ring (bicyclic) bond motifs is 1. The molecule has 1 aliphatic carbocycles. The van der Waals surface area contributed by atoms with Crippen LogP contribution < -0.4 is 4.74 Å². The lowest BCUT2D eigenvalue weighted by molar-refractivity contribution is 0.0982. The average molecular weight is 478 g/mol. The summed E-state index contributed by atoms with van der Waals surface area (Å²) in [4.78, 5) is 20.8. The molecular formula is C23H20BrN5O2. The highest BCUT2D eigenvalue weighted by Crippen LogP contribution is 2.37. The van der Waals surface area contributed by atoms with Gasteiger partial charge >= 0.3 is 0 Å². The van der Waals surface area contributed by atoms with Crippen molar-refractivity contribution >= 4 is 32.7 Å². The molecule has 1 aliphatic rings. The highest BCUT2D eigenvalue weighted by atomic mass is 79.9. The molecule has 4 aromatic rings. The van der Waals surface area contributed by atoms with Crippen LogP contribution in [0.4, 0.5) is 0 Å². The molecule has 1 fully saturated rings. The van der Waals surface area contributed by atoms with E-state index in [4.69, 9.17) is 4.74 Å². The number of halogens is 1. The van der Waals surface area contributed by atoms with Crippen molar-refractivity contribution < 1.29 is 9.53 Å². The fourth-order valence-electron chi connectivity index (χ4n) is 3.48. The summed E-state index contributed by atoms with van der Waals surface area (Å²) in [5.41, 5.74) is 3.22. The fraction of sp³-hybridized carbons (Fsp3) is 0.261. The van der Waals surface area contributed by atoms with Crippen LogP contribution in [0.15, 0.2) is 59.5 Å². The van der Waals surface area contributed by atoms with Gasteiger partial charge in [-0.1, -0.05) is 11.3 Å². The van der Waals surface area contributed by atoms with Crippen molar-refractivity contribution in [2.45, 2.75) is 32.2 Å². The zero-order chi connectivity index (χ0) is 21.2. The summed E-state index contributed by atoms with van der Waals surface area (Å²) in [5.74, 6) is 1.85. The van der Waals surface area contributed by atoms with Crippen LogP contribution >= 0.6 is 15.9 Å². The number of aromatic nitrogens is 5. The number of benzene rings is 1. The summed E-state index contributed by atoms with van der Waals surface area (Å²) in [7, 11) is 0. The second-order valence-electron chi connectivity index (χ2n) is 7.69. The third-order valence-electron chi connectivity index (χ3n) is 5.38. The Labute approximate surface area is 187 Å². The summed E-state index contributed by atoms with van der Waals surface area (Å²) in [5, 5.41) is 8.63. The molecule has 31 heavy (non-hydrogen) atoms. The molecule has 7 nitrogen and oxygen atoms in total. The SMILES string of the molecule is O=C(CCc1cccnc1Oc1ccc2c(nnn2CC2CC2)c1Br)c1cccnc1. The monoisotopic (exact) mass is 477 g/mol. The quantitative estimate of drug-likeness (QED) is 0.332. The first-order valence-electron chi connectivity index (χ1n) is 10.3. The van der Waals surface area contributed by atoms with Gasteiger partial charge in [-0.2, -0.15) is 0 Å². The highest BCUT2D eigenvalue weighted by Gasteiger charge is 2.24. The first-order valence-corrected chi connectivity index (χ1v) is 11.0.